The van der Waals surface area contributed by atoms with Crippen molar-refractivity contribution in [2.24, 2.45) is 0 Å². The molecule has 0 N–H and O–H groups in total. The molecule has 0 atom stereocenters. The van der Waals surface area contributed by atoms with Crippen molar-refractivity contribution in [3.8, 4) is 0 Å². The van der Waals surface area contributed by atoms with Crippen LogP contribution in [0.15, 0.2) is 60.7 Å². The first kappa shape index (κ1) is 9.72. The van der Waals surface area contributed by atoms with Crippen LogP contribution in [0.2, 0.25) is 0 Å². The summed E-state index contributed by atoms with van der Waals surface area (Å²) in [6.07, 6.45) is 6.43. The fourth-order valence-corrected chi connectivity index (χ4v) is 1.74. The molecule has 0 fully saturated rings. The maximum absolute atomic E-state index is 5.29. The highest BCUT2D eigenvalue weighted by molar-refractivity contribution is 5.85. The zero-order chi connectivity index (χ0) is 10.5. The van der Waals surface area contributed by atoms with E-state index >= 15 is 0 Å². The summed E-state index contributed by atoms with van der Waals surface area (Å²) < 4.78 is 0. The summed E-state index contributed by atoms with van der Waals surface area (Å²) in [5, 5.41) is 2.61. The molecule has 0 aromatic heterocycles. The third-order valence-corrected chi connectivity index (χ3v) is 2.46. The van der Waals surface area contributed by atoms with Gasteiger partial charge in [0.2, 0.25) is 0 Å². The van der Waals surface area contributed by atoms with Crippen LogP contribution in [-0.4, -0.2) is 0 Å². The zero-order valence-corrected chi connectivity index (χ0v) is 8.56. The van der Waals surface area contributed by atoms with Crippen LogP contribution in [0.5, 0.6) is 0 Å². The Morgan fingerprint density at radius 3 is 2.67 bits per heavy atom. The fraction of sp³-hybridized carbons (Fsp3) is 0.0667. The average molecular weight is 193 g/mol. The SMILES string of the molecule is [CH]=CC=CCc1cccc2ccccc12. The first-order valence-electron chi connectivity index (χ1n) is 5.08. The lowest BCUT2D eigenvalue weighted by molar-refractivity contribution is 1.30. The van der Waals surface area contributed by atoms with Gasteiger partial charge >= 0.3 is 0 Å². The molecule has 2 aromatic rings. The molecular formula is C15H13. The zero-order valence-electron chi connectivity index (χ0n) is 8.56. The van der Waals surface area contributed by atoms with Gasteiger partial charge in [0.15, 0.2) is 0 Å². The number of hydrogen-bond donors (Lipinski definition) is 0. The van der Waals surface area contributed by atoms with Gasteiger partial charge in [-0.15, -0.1) is 0 Å². The Balaban J connectivity index is 2.42. The number of rotatable bonds is 3. The van der Waals surface area contributed by atoms with Crippen LogP contribution in [0.25, 0.3) is 10.8 Å². The average Bonchev–Trinajstić information content (AvgIpc) is 2.30. The quantitative estimate of drug-likeness (QED) is 0.648. The predicted molar refractivity (Wildman–Crippen MR) is 65.7 cm³/mol. The molecule has 1 radical (unpaired) electrons. The molecule has 0 aliphatic heterocycles. The Labute approximate surface area is 90.6 Å². The number of benzene rings is 2. The Morgan fingerprint density at radius 1 is 1.00 bits per heavy atom. The van der Waals surface area contributed by atoms with Gasteiger partial charge in [-0.05, 0) is 22.8 Å². The van der Waals surface area contributed by atoms with Crippen LogP contribution in [0.1, 0.15) is 5.56 Å². The first-order valence-corrected chi connectivity index (χ1v) is 5.08. The van der Waals surface area contributed by atoms with Crippen molar-refractivity contribution in [1.29, 1.82) is 0 Å². The molecule has 0 spiro atoms. The van der Waals surface area contributed by atoms with E-state index in [-0.39, 0.29) is 0 Å². The molecule has 0 aliphatic rings. The summed E-state index contributed by atoms with van der Waals surface area (Å²) in [6, 6.07) is 14.8. The number of hydrogen-bond acceptors (Lipinski definition) is 0. The highest BCUT2D eigenvalue weighted by atomic mass is 14.0. The normalized spacial score (nSPS) is 10.9. The lowest BCUT2D eigenvalue weighted by Crippen LogP contribution is -1.83. The Morgan fingerprint density at radius 2 is 1.80 bits per heavy atom. The minimum Gasteiger partial charge on any atom is -0.0801 e. The second-order valence-electron chi connectivity index (χ2n) is 3.46. The predicted octanol–water partition coefficient (Wildman–Crippen LogP) is 3.93. The van der Waals surface area contributed by atoms with Gasteiger partial charge in [-0.25, -0.2) is 0 Å². The molecule has 0 heteroatoms. The van der Waals surface area contributed by atoms with Gasteiger partial charge in [-0.2, -0.15) is 0 Å². The molecule has 0 saturated heterocycles. The van der Waals surface area contributed by atoms with Crippen molar-refractivity contribution in [2.75, 3.05) is 0 Å². The fourth-order valence-electron chi connectivity index (χ4n) is 1.74. The van der Waals surface area contributed by atoms with E-state index in [9.17, 15) is 0 Å². The first-order chi connectivity index (χ1) is 7.42. The van der Waals surface area contributed by atoms with E-state index in [0.717, 1.165) is 6.42 Å². The van der Waals surface area contributed by atoms with Gasteiger partial charge in [0, 0.05) is 0 Å². The molecule has 0 nitrogen and oxygen atoms in total. The van der Waals surface area contributed by atoms with Crippen molar-refractivity contribution >= 4 is 10.8 Å². The van der Waals surface area contributed by atoms with Gasteiger partial charge < -0.3 is 0 Å². The van der Waals surface area contributed by atoms with Crippen LogP contribution in [-0.2, 0) is 6.42 Å². The Hall–Kier alpha value is -1.82. The standard InChI is InChI=1S/C15H13/c1-2-3-4-8-13-10-7-11-14-9-5-6-12-15(13)14/h1-7,9-12H,8H2. The lowest BCUT2D eigenvalue weighted by Gasteiger charge is -2.03. The summed E-state index contributed by atoms with van der Waals surface area (Å²) in [4.78, 5) is 0. The van der Waals surface area contributed by atoms with Crippen molar-refractivity contribution in [2.45, 2.75) is 6.42 Å². The Kier molecular flexibility index (Phi) is 2.99. The lowest BCUT2D eigenvalue weighted by atomic mass is 10.0. The van der Waals surface area contributed by atoms with Crippen molar-refractivity contribution in [3.63, 3.8) is 0 Å². The monoisotopic (exact) mass is 193 g/mol. The molecule has 0 aliphatic carbocycles. The van der Waals surface area contributed by atoms with Crippen molar-refractivity contribution in [3.05, 3.63) is 72.8 Å². The summed E-state index contributed by atoms with van der Waals surface area (Å²) >= 11 is 0. The highest BCUT2D eigenvalue weighted by Gasteiger charge is 1.96. The Bertz CT molecular complexity index is 487. The molecule has 0 heterocycles. The second-order valence-corrected chi connectivity index (χ2v) is 3.46. The summed E-state index contributed by atoms with van der Waals surface area (Å²) in [6.45, 7) is 5.29. The molecule has 0 unspecified atom stereocenters. The molecule has 2 rings (SSSR count). The van der Waals surface area contributed by atoms with Gasteiger partial charge in [-0.3, -0.25) is 0 Å². The van der Waals surface area contributed by atoms with Crippen LogP contribution in [0.3, 0.4) is 0 Å². The van der Waals surface area contributed by atoms with E-state index in [1.165, 1.54) is 16.3 Å². The molecule has 0 bridgehead atoms. The maximum Gasteiger partial charge on any atom is -0.00882 e. The molecule has 0 saturated carbocycles. The van der Waals surface area contributed by atoms with E-state index in [1.807, 2.05) is 6.08 Å². The van der Waals surface area contributed by atoms with Gasteiger partial charge in [0.05, 0.1) is 0 Å². The summed E-state index contributed by atoms with van der Waals surface area (Å²) in [5.41, 5.74) is 1.34. The van der Waals surface area contributed by atoms with E-state index in [4.69, 9.17) is 6.58 Å². The van der Waals surface area contributed by atoms with Crippen LogP contribution in [0, 0.1) is 6.58 Å². The molecule has 0 amide bonds. The smallest absolute Gasteiger partial charge is 0.00882 e. The van der Waals surface area contributed by atoms with Gasteiger partial charge in [-0.1, -0.05) is 67.3 Å². The number of allylic oxidation sites excluding steroid dienone is 3. The van der Waals surface area contributed by atoms with E-state index in [2.05, 4.69) is 48.5 Å². The van der Waals surface area contributed by atoms with Gasteiger partial charge in [0.25, 0.3) is 0 Å². The second kappa shape index (κ2) is 4.61. The summed E-state index contributed by atoms with van der Waals surface area (Å²) in [7, 11) is 0. The summed E-state index contributed by atoms with van der Waals surface area (Å²) in [5.74, 6) is 0. The molecule has 73 valence electrons. The van der Waals surface area contributed by atoms with Crippen molar-refractivity contribution in [1.82, 2.24) is 0 Å². The number of fused-ring (bicyclic) bond motifs is 1. The minimum absolute atomic E-state index is 0.926. The van der Waals surface area contributed by atoms with Gasteiger partial charge in [0.1, 0.15) is 0 Å². The molecular weight excluding hydrogens is 180 g/mol. The molecule has 15 heavy (non-hydrogen) atoms. The maximum atomic E-state index is 5.29. The minimum atomic E-state index is 0.926. The van der Waals surface area contributed by atoms with E-state index in [0.29, 0.717) is 0 Å². The van der Waals surface area contributed by atoms with Crippen LogP contribution in [0.4, 0.5) is 0 Å². The largest absolute Gasteiger partial charge is 0.0801 e. The third kappa shape index (κ3) is 2.16. The van der Waals surface area contributed by atoms with E-state index < -0.39 is 0 Å². The molecule has 2 aromatic carbocycles. The third-order valence-electron chi connectivity index (χ3n) is 2.46. The topological polar surface area (TPSA) is 0 Å². The van der Waals surface area contributed by atoms with Crippen molar-refractivity contribution < 1.29 is 0 Å². The van der Waals surface area contributed by atoms with Crippen LogP contribution >= 0.6 is 0 Å². The van der Waals surface area contributed by atoms with Crippen LogP contribution < -0.4 is 0 Å². The van der Waals surface area contributed by atoms with E-state index in [1.54, 1.807) is 6.08 Å². The highest BCUT2D eigenvalue weighted by Crippen LogP contribution is 2.18.